The van der Waals surface area contributed by atoms with Gasteiger partial charge in [-0.25, -0.2) is 0 Å². The maximum Gasteiger partial charge on any atom is 0.257 e. The van der Waals surface area contributed by atoms with Crippen molar-refractivity contribution in [2.24, 2.45) is 12.8 Å². The number of rotatable bonds is 4. The Morgan fingerprint density at radius 3 is 2.64 bits per heavy atom. The van der Waals surface area contributed by atoms with E-state index in [1.54, 1.807) is 30.8 Å². The molecular weight excluding hydrogens is 352 g/mol. The minimum absolute atomic E-state index is 0.0127. The van der Waals surface area contributed by atoms with Crippen molar-refractivity contribution in [3.8, 4) is 0 Å². The highest BCUT2D eigenvalue weighted by Crippen LogP contribution is 2.41. The smallest absolute Gasteiger partial charge is 0.257 e. The number of nitrogens with one attached hydrogen (secondary N) is 1. The second-order valence-corrected chi connectivity index (χ2v) is 7.69. The zero-order valence-corrected chi connectivity index (χ0v) is 16.2. The summed E-state index contributed by atoms with van der Waals surface area (Å²) in [5.41, 5.74) is 9.56. The number of pyridine rings is 2. The van der Waals surface area contributed by atoms with Gasteiger partial charge in [-0.15, -0.1) is 0 Å². The van der Waals surface area contributed by atoms with Crippen LogP contribution in [0.25, 0.3) is 10.9 Å². The van der Waals surface area contributed by atoms with Gasteiger partial charge in [-0.3, -0.25) is 14.6 Å². The molecule has 0 unspecified atom stereocenters. The first-order valence-electron chi connectivity index (χ1n) is 9.52. The molecule has 6 nitrogen and oxygen atoms in total. The Hall–Kier alpha value is -2.99. The van der Waals surface area contributed by atoms with Gasteiger partial charge in [-0.1, -0.05) is 6.42 Å². The van der Waals surface area contributed by atoms with Gasteiger partial charge in [-0.2, -0.15) is 0 Å². The molecule has 0 spiro atoms. The van der Waals surface area contributed by atoms with Crippen LogP contribution in [0, 0.1) is 6.92 Å². The summed E-state index contributed by atoms with van der Waals surface area (Å²) in [5, 5.41) is 3.82. The van der Waals surface area contributed by atoms with Gasteiger partial charge in [0.1, 0.15) is 0 Å². The summed E-state index contributed by atoms with van der Waals surface area (Å²) < 4.78 is 1.62. The molecule has 1 aliphatic carbocycles. The monoisotopic (exact) mass is 376 g/mol. The van der Waals surface area contributed by atoms with E-state index in [-0.39, 0.29) is 16.9 Å². The summed E-state index contributed by atoms with van der Waals surface area (Å²) in [6, 6.07) is 11.1. The van der Waals surface area contributed by atoms with E-state index in [4.69, 9.17) is 5.73 Å². The topological polar surface area (TPSA) is 90.0 Å². The Morgan fingerprint density at radius 1 is 1.25 bits per heavy atom. The fraction of sp³-hybridized carbons (Fsp3) is 0.318. The molecule has 3 N–H and O–H groups in total. The van der Waals surface area contributed by atoms with Crippen LogP contribution in [0.15, 0.2) is 47.4 Å². The number of nitrogens with two attached hydrogens (primary N) is 1. The molecule has 0 atom stereocenters. The summed E-state index contributed by atoms with van der Waals surface area (Å²) in [6.07, 6.45) is 4.91. The molecule has 1 amide bonds. The normalized spacial score (nSPS) is 15.2. The Bertz CT molecular complexity index is 1110. The summed E-state index contributed by atoms with van der Waals surface area (Å²) in [6.45, 7) is 2.38. The van der Waals surface area contributed by atoms with E-state index in [0.29, 0.717) is 23.4 Å². The molecule has 1 aromatic carbocycles. The quantitative estimate of drug-likeness (QED) is 0.733. The lowest BCUT2D eigenvalue weighted by Crippen LogP contribution is -2.42. The third kappa shape index (κ3) is 2.99. The van der Waals surface area contributed by atoms with E-state index >= 15 is 0 Å². The van der Waals surface area contributed by atoms with Crippen molar-refractivity contribution < 1.29 is 4.79 Å². The van der Waals surface area contributed by atoms with Gasteiger partial charge >= 0.3 is 0 Å². The van der Waals surface area contributed by atoms with Gasteiger partial charge < -0.3 is 15.6 Å². The average molecular weight is 376 g/mol. The van der Waals surface area contributed by atoms with Crippen molar-refractivity contribution in [3.63, 3.8) is 0 Å². The summed E-state index contributed by atoms with van der Waals surface area (Å²) in [5.74, 6) is -0.213. The number of benzene rings is 1. The molecule has 6 heteroatoms. The highest BCUT2D eigenvalue weighted by molar-refractivity contribution is 6.04. The first-order chi connectivity index (χ1) is 13.4. The fourth-order valence-corrected chi connectivity index (χ4v) is 3.94. The van der Waals surface area contributed by atoms with Gasteiger partial charge in [0.2, 0.25) is 0 Å². The molecule has 1 aliphatic rings. The predicted octanol–water partition coefficient (Wildman–Crippen LogP) is 2.87. The van der Waals surface area contributed by atoms with Crippen molar-refractivity contribution >= 4 is 22.5 Å². The van der Waals surface area contributed by atoms with Gasteiger partial charge in [0.15, 0.2) is 0 Å². The van der Waals surface area contributed by atoms with E-state index in [9.17, 15) is 9.59 Å². The molecule has 0 bridgehead atoms. The standard InChI is InChI=1S/C22H24N4O2/c1-14-10-16-11-17(5-6-18(16)26(2)21(14)28)25-20(27)15-4-7-19(24-12-15)22(13-23)8-3-9-22/h4-7,10-12H,3,8-9,13,23H2,1-2H3,(H,25,27). The zero-order chi connectivity index (χ0) is 19.9. The molecule has 1 saturated carbocycles. The van der Waals surface area contributed by atoms with Gasteiger partial charge in [0, 0.05) is 47.5 Å². The van der Waals surface area contributed by atoms with E-state index in [0.717, 1.165) is 29.4 Å². The van der Waals surface area contributed by atoms with Crippen LogP contribution in [0.5, 0.6) is 0 Å². The minimum Gasteiger partial charge on any atom is -0.330 e. The Balaban J connectivity index is 1.56. The summed E-state index contributed by atoms with van der Waals surface area (Å²) in [4.78, 5) is 29.2. The van der Waals surface area contributed by atoms with Crippen molar-refractivity contribution in [3.05, 3.63) is 69.8 Å². The van der Waals surface area contributed by atoms with Crippen LogP contribution in [0.4, 0.5) is 5.69 Å². The Morgan fingerprint density at radius 2 is 2.04 bits per heavy atom. The molecule has 28 heavy (non-hydrogen) atoms. The number of anilines is 1. The summed E-state index contributed by atoms with van der Waals surface area (Å²) in [7, 11) is 1.75. The van der Waals surface area contributed by atoms with Crippen molar-refractivity contribution in [1.82, 2.24) is 9.55 Å². The first kappa shape index (κ1) is 18.4. The maximum atomic E-state index is 12.6. The molecule has 1 fully saturated rings. The highest BCUT2D eigenvalue weighted by atomic mass is 16.1. The number of hydrogen-bond donors (Lipinski definition) is 2. The summed E-state index contributed by atoms with van der Waals surface area (Å²) >= 11 is 0. The second kappa shape index (κ2) is 6.87. The molecule has 0 aliphatic heterocycles. The molecule has 144 valence electrons. The van der Waals surface area contributed by atoms with Crippen LogP contribution in [0.3, 0.4) is 0 Å². The maximum absolute atomic E-state index is 12.6. The van der Waals surface area contributed by atoms with Crippen LogP contribution in [0.1, 0.15) is 40.9 Å². The Labute approximate surface area is 163 Å². The lowest BCUT2D eigenvalue weighted by molar-refractivity contribution is 0.102. The van der Waals surface area contributed by atoms with Crippen LogP contribution >= 0.6 is 0 Å². The highest BCUT2D eigenvalue weighted by Gasteiger charge is 2.38. The number of hydrogen-bond acceptors (Lipinski definition) is 4. The van der Waals surface area contributed by atoms with Gasteiger partial charge in [0.05, 0.1) is 11.1 Å². The van der Waals surface area contributed by atoms with E-state index in [1.165, 1.54) is 6.42 Å². The largest absolute Gasteiger partial charge is 0.330 e. The Kier molecular flexibility index (Phi) is 4.51. The number of fused-ring (bicyclic) bond motifs is 1. The van der Waals surface area contributed by atoms with Crippen LogP contribution in [-0.2, 0) is 12.5 Å². The molecule has 0 saturated heterocycles. The van der Waals surface area contributed by atoms with Gasteiger partial charge in [0.25, 0.3) is 11.5 Å². The van der Waals surface area contributed by atoms with Crippen LogP contribution in [0.2, 0.25) is 0 Å². The van der Waals surface area contributed by atoms with E-state index in [2.05, 4.69) is 10.3 Å². The van der Waals surface area contributed by atoms with Crippen LogP contribution < -0.4 is 16.6 Å². The average Bonchev–Trinajstić information content (AvgIpc) is 2.66. The van der Waals surface area contributed by atoms with Gasteiger partial charge in [-0.05, 0) is 56.2 Å². The predicted molar refractivity (Wildman–Crippen MR) is 111 cm³/mol. The zero-order valence-electron chi connectivity index (χ0n) is 16.2. The number of aryl methyl sites for hydroxylation is 2. The van der Waals surface area contributed by atoms with E-state index in [1.807, 2.05) is 30.3 Å². The lowest BCUT2D eigenvalue weighted by atomic mass is 9.66. The second-order valence-electron chi connectivity index (χ2n) is 7.69. The number of carbonyl (C=O) groups excluding carboxylic acids is 1. The molecule has 3 aromatic rings. The minimum atomic E-state index is -0.213. The van der Waals surface area contributed by atoms with Crippen LogP contribution in [-0.4, -0.2) is 22.0 Å². The third-order valence-corrected chi connectivity index (χ3v) is 5.93. The van der Waals surface area contributed by atoms with E-state index < -0.39 is 0 Å². The SMILES string of the molecule is Cc1cc2cc(NC(=O)c3ccc(C4(CN)CCC4)nc3)ccc2n(C)c1=O. The molecule has 2 heterocycles. The number of carbonyl (C=O) groups is 1. The number of aromatic nitrogens is 2. The number of amides is 1. The first-order valence-corrected chi connectivity index (χ1v) is 9.52. The van der Waals surface area contributed by atoms with Crippen molar-refractivity contribution in [2.75, 3.05) is 11.9 Å². The van der Waals surface area contributed by atoms with Crippen molar-refractivity contribution in [2.45, 2.75) is 31.6 Å². The third-order valence-electron chi connectivity index (χ3n) is 5.93. The molecule has 2 aromatic heterocycles. The number of nitrogens with zero attached hydrogens (tertiary/aromatic N) is 2. The molecule has 4 rings (SSSR count). The molecular formula is C22H24N4O2. The fourth-order valence-electron chi connectivity index (χ4n) is 3.94. The molecule has 0 radical (unpaired) electrons. The lowest BCUT2D eigenvalue weighted by Gasteiger charge is -2.40. The van der Waals surface area contributed by atoms with Crippen molar-refractivity contribution in [1.29, 1.82) is 0 Å².